The van der Waals surface area contributed by atoms with Gasteiger partial charge in [-0.15, -0.1) is 24.0 Å². The molecule has 0 radical (unpaired) electrons. The van der Waals surface area contributed by atoms with Gasteiger partial charge in [0.15, 0.2) is 5.96 Å². The number of halogens is 3. The Bertz CT molecular complexity index is 460. The zero-order chi connectivity index (χ0) is 15.0. The highest BCUT2D eigenvalue weighted by Gasteiger charge is 2.06. The fourth-order valence-electron chi connectivity index (χ4n) is 1.77. The third kappa shape index (κ3) is 7.96. The van der Waals surface area contributed by atoms with Gasteiger partial charge in [0.25, 0.3) is 0 Å². The van der Waals surface area contributed by atoms with E-state index in [1.807, 2.05) is 6.92 Å². The average Bonchev–Trinajstić information content (AvgIpc) is 2.41. The van der Waals surface area contributed by atoms with Crippen molar-refractivity contribution in [2.45, 2.75) is 19.4 Å². The normalized spacial score (nSPS) is 12.5. The number of hydrogen-bond acceptors (Lipinski definition) is 2. The van der Waals surface area contributed by atoms with E-state index in [2.05, 4.69) is 31.6 Å². The molecule has 0 bridgehead atoms. The van der Waals surface area contributed by atoms with Gasteiger partial charge >= 0.3 is 0 Å². The van der Waals surface area contributed by atoms with Crippen molar-refractivity contribution in [3.63, 3.8) is 0 Å². The van der Waals surface area contributed by atoms with Gasteiger partial charge in [-0.25, -0.2) is 4.39 Å². The quantitative estimate of drug-likeness (QED) is 0.379. The Balaban J connectivity index is 0.00000400. The van der Waals surface area contributed by atoms with Gasteiger partial charge in [0.1, 0.15) is 5.82 Å². The number of ether oxygens (including phenoxy) is 1. The molecule has 1 atom stereocenters. The minimum absolute atomic E-state index is 0. The molecule has 0 heterocycles. The predicted octanol–water partition coefficient (Wildman–Crippen LogP) is 2.95. The first-order valence-corrected chi connectivity index (χ1v) is 7.26. The van der Waals surface area contributed by atoms with E-state index in [0.717, 1.165) is 4.47 Å². The van der Waals surface area contributed by atoms with Gasteiger partial charge in [-0.2, -0.15) is 0 Å². The van der Waals surface area contributed by atoms with E-state index in [4.69, 9.17) is 4.74 Å². The van der Waals surface area contributed by atoms with Gasteiger partial charge in [0.05, 0.1) is 6.61 Å². The van der Waals surface area contributed by atoms with E-state index in [0.29, 0.717) is 31.1 Å². The smallest absolute Gasteiger partial charge is 0.191 e. The van der Waals surface area contributed by atoms with Gasteiger partial charge in [-0.05, 0) is 37.1 Å². The first-order valence-electron chi connectivity index (χ1n) is 6.47. The molecule has 1 rings (SSSR count). The lowest BCUT2D eigenvalue weighted by atomic mass is 10.1. The Labute approximate surface area is 151 Å². The van der Waals surface area contributed by atoms with E-state index in [1.54, 1.807) is 26.3 Å². The van der Waals surface area contributed by atoms with E-state index in [1.165, 1.54) is 6.07 Å². The zero-order valence-electron chi connectivity index (χ0n) is 12.5. The Morgan fingerprint density at radius 1 is 1.48 bits per heavy atom. The topological polar surface area (TPSA) is 45.7 Å². The number of rotatable bonds is 6. The standard InChI is InChI=1S/C14H21BrFN3O.HI/c1-10(9-20-3)19-14(17-2)18-7-6-11-8-12(15)4-5-13(11)16;/h4-5,8,10H,6-7,9H2,1-3H3,(H2,17,18,19);1H. The molecule has 21 heavy (non-hydrogen) atoms. The SMILES string of the molecule is CN=C(NCCc1cc(Br)ccc1F)NC(C)COC.I. The third-order valence-electron chi connectivity index (χ3n) is 2.72. The van der Waals surface area contributed by atoms with Crippen molar-refractivity contribution in [2.24, 2.45) is 4.99 Å². The molecule has 0 saturated carbocycles. The Morgan fingerprint density at radius 2 is 2.19 bits per heavy atom. The van der Waals surface area contributed by atoms with Crippen LogP contribution in [-0.4, -0.2) is 39.3 Å². The first-order chi connectivity index (χ1) is 9.56. The summed E-state index contributed by atoms with van der Waals surface area (Å²) >= 11 is 3.34. The highest BCUT2D eigenvalue weighted by atomic mass is 127. The van der Waals surface area contributed by atoms with Crippen molar-refractivity contribution < 1.29 is 9.13 Å². The summed E-state index contributed by atoms with van der Waals surface area (Å²) in [6.07, 6.45) is 0.588. The molecule has 0 aromatic heterocycles. The molecule has 7 heteroatoms. The monoisotopic (exact) mass is 473 g/mol. The zero-order valence-corrected chi connectivity index (χ0v) is 16.4. The second-order valence-electron chi connectivity index (χ2n) is 4.49. The van der Waals surface area contributed by atoms with Crippen LogP contribution in [0.1, 0.15) is 12.5 Å². The van der Waals surface area contributed by atoms with Crippen LogP contribution >= 0.6 is 39.9 Å². The van der Waals surface area contributed by atoms with Crippen LogP contribution in [0, 0.1) is 5.82 Å². The number of benzene rings is 1. The van der Waals surface area contributed by atoms with E-state index in [-0.39, 0.29) is 35.8 Å². The second kappa shape index (κ2) is 11.2. The molecule has 120 valence electrons. The number of methoxy groups -OCH3 is 1. The first kappa shape index (κ1) is 20.6. The predicted molar refractivity (Wildman–Crippen MR) is 99.1 cm³/mol. The molecule has 0 aliphatic carbocycles. The Hall–Kier alpha value is -0.410. The van der Waals surface area contributed by atoms with Crippen LogP contribution < -0.4 is 10.6 Å². The molecule has 0 aliphatic heterocycles. The van der Waals surface area contributed by atoms with Gasteiger partial charge in [-0.1, -0.05) is 15.9 Å². The lowest BCUT2D eigenvalue weighted by Crippen LogP contribution is -2.44. The summed E-state index contributed by atoms with van der Waals surface area (Å²) in [6, 6.07) is 5.11. The Kier molecular flexibility index (Phi) is 11.0. The minimum atomic E-state index is -0.189. The fourth-order valence-corrected chi connectivity index (χ4v) is 2.18. The highest BCUT2D eigenvalue weighted by molar-refractivity contribution is 14.0. The number of nitrogens with zero attached hydrogens (tertiary/aromatic N) is 1. The number of guanidine groups is 1. The van der Waals surface area contributed by atoms with Crippen molar-refractivity contribution in [1.29, 1.82) is 0 Å². The van der Waals surface area contributed by atoms with Crippen LogP contribution in [0.4, 0.5) is 4.39 Å². The lowest BCUT2D eigenvalue weighted by molar-refractivity contribution is 0.179. The highest BCUT2D eigenvalue weighted by Crippen LogP contribution is 2.15. The van der Waals surface area contributed by atoms with E-state index in [9.17, 15) is 4.39 Å². The summed E-state index contributed by atoms with van der Waals surface area (Å²) in [4.78, 5) is 4.12. The maximum absolute atomic E-state index is 13.6. The molecule has 0 aliphatic rings. The molecule has 2 N–H and O–H groups in total. The van der Waals surface area contributed by atoms with Crippen molar-refractivity contribution in [2.75, 3.05) is 27.3 Å². The van der Waals surface area contributed by atoms with Crippen molar-refractivity contribution >= 4 is 45.9 Å². The molecule has 1 aromatic carbocycles. The van der Waals surface area contributed by atoms with E-state index < -0.39 is 0 Å². The number of nitrogens with one attached hydrogen (secondary N) is 2. The summed E-state index contributed by atoms with van der Waals surface area (Å²) in [5.41, 5.74) is 0.673. The van der Waals surface area contributed by atoms with E-state index >= 15 is 0 Å². The third-order valence-corrected chi connectivity index (χ3v) is 3.21. The van der Waals surface area contributed by atoms with Crippen LogP contribution in [0.2, 0.25) is 0 Å². The summed E-state index contributed by atoms with van der Waals surface area (Å²) in [6.45, 7) is 3.21. The minimum Gasteiger partial charge on any atom is -0.383 e. The summed E-state index contributed by atoms with van der Waals surface area (Å²) in [5, 5.41) is 6.35. The number of aliphatic imine (C=N–C) groups is 1. The van der Waals surface area contributed by atoms with Crippen molar-refractivity contribution in [3.8, 4) is 0 Å². The second-order valence-corrected chi connectivity index (χ2v) is 5.40. The van der Waals surface area contributed by atoms with Gasteiger partial charge in [0.2, 0.25) is 0 Å². The molecule has 0 fully saturated rings. The van der Waals surface area contributed by atoms with Gasteiger partial charge in [-0.3, -0.25) is 4.99 Å². The van der Waals surface area contributed by atoms with Crippen LogP contribution in [0.25, 0.3) is 0 Å². The molecule has 0 saturated heterocycles. The van der Waals surface area contributed by atoms with Crippen LogP contribution in [0.3, 0.4) is 0 Å². The van der Waals surface area contributed by atoms with Crippen LogP contribution in [0.15, 0.2) is 27.7 Å². The van der Waals surface area contributed by atoms with Crippen molar-refractivity contribution in [3.05, 3.63) is 34.1 Å². The maximum Gasteiger partial charge on any atom is 0.191 e. The summed E-state index contributed by atoms with van der Waals surface area (Å²) < 4.78 is 19.5. The maximum atomic E-state index is 13.6. The fraction of sp³-hybridized carbons (Fsp3) is 0.500. The van der Waals surface area contributed by atoms with Crippen LogP contribution in [0.5, 0.6) is 0 Å². The lowest BCUT2D eigenvalue weighted by Gasteiger charge is -2.17. The molecule has 1 unspecified atom stereocenters. The van der Waals surface area contributed by atoms with Crippen molar-refractivity contribution in [1.82, 2.24) is 10.6 Å². The molecule has 1 aromatic rings. The molecular weight excluding hydrogens is 452 g/mol. The summed E-state index contributed by atoms with van der Waals surface area (Å²) in [5.74, 6) is 0.496. The van der Waals surface area contributed by atoms with Gasteiger partial charge < -0.3 is 15.4 Å². The largest absolute Gasteiger partial charge is 0.383 e. The average molecular weight is 474 g/mol. The number of hydrogen-bond donors (Lipinski definition) is 2. The molecule has 4 nitrogen and oxygen atoms in total. The van der Waals surface area contributed by atoms with Gasteiger partial charge in [0, 0.05) is 31.2 Å². The molecule has 0 spiro atoms. The molecule has 0 amide bonds. The molecular formula is C14H22BrFIN3O. The summed E-state index contributed by atoms with van der Waals surface area (Å²) in [7, 11) is 3.36. The van der Waals surface area contributed by atoms with Crippen LogP contribution in [-0.2, 0) is 11.2 Å². The Morgan fingerprint density at radius 3 is 2.81 bits per heavy atom.